The summed E-state index contributed by atoms with van der Waals surface area (Å²) < 4.78 is 42.0. The second kappa shape index (κ2) is 6.04. The normalized spacial score (nSPS) is 33.4. The molecular formula is C15H20O5S. The second-order valence-corrected chi connectivity index (χ2v) is 7.54. The van der Waals surface area contributed by atoms with E-state index in [4.69, 9.17) is 14.2 Å². The van der Waals surface area contributed by atoms with E-state index in [9.17, 15) is 8.42 Å². The molecule has 0 spiro atoms. The molecule has 2 aliphatic rings. The van der Waals surface area contributed by atoms with Gasteiger partial charge in [0.2, 0.25) is 9.84 Å². The van der Waals surface area contributed by atoms with E-state index in [0.717, 1.165) is 12.8 Å². The lowest BCUT2D eigenvalue weighted by Crippen LogP contribution is -2.48. The van der Waals surface area contributed by atoms with Crippen molar-refractivity contribution < 1.29 is 22.6 Å². The summed E-state index contributed by atoms with van der Waals surface area (Å²) in [4.78, 5) is 0.319. The van der Waals surface area contributed by atoms with Crippen LogP contribution in [-0.2, 0) is 24.0 Å². The number of hydrogen-bond acceptors (Lipinski definition) is 5. The van der Waals surface area contributed by atoms with Crippen LogP contribution < -0.4 is 0 Å². The topological polar surface area (TPSA) is 61.8 Å². The Balaban J connectivity index is 1.72. The van der Waals surface area contributed by atoms with Crippen molar-refractivity contribution in [2.45, 2.75) is 54.5 Å². The van der Waals surface area contributed by atoms with Crippen molar-refractivity contribution in [3.8, 4) is 0 Å². The molecule has 4 atom stereocenters. The van der Waals surface area contributed by atoms with Crippen LogP contribution in [0.25, 0.3) is 0 Å². The minimum atomic E-state index is -3.44. The van der Waals surface area contributed by atoms with Gasteiger partial charge in [-0.3, -0.25) is 0 Å². The van der Waals surface area contributed by atoms with Gasteiger partial charge in [0.05, 0.1) is 17.1 Å². The van der Waals surface area contributed by atoms with E-state index in [2.05, 4.69) is 0 Å². The SMILES string of the molecule is CO[C@@H]1CC[C@H]2O[C@H](S(=O)(=O)c3ccccc3)CC[C@H]2O1. The maximum atomic E-state index is 12.6. The molecular weight excluding hydrogens is 292 g/mol. The Labute approximate surface area is 125 Å². The Kier molecular flexibility index (Phi) is 4.31. The maximum Gasteiger partial charge on any atom is 0.205 e. The highest BCUT2D eigenvalue weighted by molar-refractivity contribution is 7.91. The number of benzene rings is 1. The van der Waals surface area contributed by atoms with Crippen LogP contribution in [0.1, 0.15) is 25.7 Å². The van der Waals surface area contributed by atoms with E-state index >= 15 is 0 Å². The fraction of sp³-hybridized carbons (Fsp3) is 0.600. The van der Waals surface area contributed by atoms with Gasteiger partial charge in [-0.05, 0) is 31.4 Å². The summed E-state index contributed by atoms with van der Waals surface area (Å²) in [7, 11) is -1.82. The molecule has 0 aliphatic carbocycles. The van der Waals surface area contributed by atoms with Crippen LogP contribution in [0.15, 0.2) is 35.2 Å². The first kappa shape index (κ1) is 15.0. The Hall–Kier alpha value is -0.950. The number of fused-ring (bicyclic) bond motifs is 1. The first-order chi connectivity index (χ1) is 10.1. The van der Waals surface area contributed by atoms with Crippen LogP contribution >= 0.6 is 0 Å². The van der Waals surface area contributed by atoms with Gasteiger partial charge in [0.1, 0.15) is 0 Å². The largest absolute Gasteiger partial charge is 0.356 e. The summed E-state index contributed by atoms with van der Waals surface area (Å²) in [6, 6.07) is 8.49. The molecule has 2 aliphatic heterocycles. The van der Waals surface area contributed by atoms with Gasteiger partial charge in [0.15, 0.2) is 11.7 Å². The van der Waals surface area contributed by atoms with Crippen molar-refractivity contribution in [2.75, 3.05) is 7.11 Å². The summed E-state index contributed by atoms with van der Waals surface area (Å²) in [5, 5.41) is 0. The van der Waals surface area contributed by atoms with E-state index < -0.39 is 15.3 Å². The second-order valence-electron chi connectivity index (χ2n) is 5.46. The van der Waals surface area contributed by atoms with E-state index in [1.165, 1.54) is 0 Å². The van der Waals surface area contributed by atoms with Crippen LogP contribution in [-0.4, -0.2) is 39.5 Å². The number of hydrogen-bond donors (Lipinski definition) is 0. The van der Waals surface area contributed by atoms with Crippen molar-refractivity contribution in [3.05, 3.63) is 30.3 Å². The summed E-state index contributed by atoms with van der Waals surface area (Å²) in [6.07, 6.45) is 2.22. The van der Waals surface area contributed by atoms with Gasteiger partial charge in [-0.2, -0.15) is 0 Å². The molecule has 0 saturated carbocycles. The Morgan fingerprint density at radius 1 is 1.00 bits per heavy atom. The smallest absolute Gasteiger partial charge is 0.205 e. The van der Waals surface area contributed by atoms with Crippen molar-refractivity contribution in [3.63, 3.8) is 0 Å². The van der Waals surface area contributed by atoms with Crippen molar-refractivity contribution in [2.24, 2.45) is 0 Å². The van der Waals surface area contributed by atoms with Crippen molar-refractivity contribution >= 4 is 9.84 Å². The van der Waals surface area contributed by atoms with Gasteiger partial charge in [-0.15, -0.1) is 0 Å². The van der Waals surface area contributed by atoms with E-state index in [1.807, 2.05) is 0 Å². The van der Waals surface area contributed by atoms with Crippen LogP contribution in [0, 0.1) is 0 Å². The highest BCUT2D eigenvalue weighted by atomic mass is 32.2. The molecule has 116 valence electrons. The van der Waals surface area contributed by atoms with Crippen LogP contribution in [0.3, 0.4) is 0 Å². The van der Waals surface area contributed by atoms with E-state index in [0.29, 0.717) is 17.7 Å². The highest BCUT2D eigenvalue weighted by Gasteiger charge is 2.42. The molecule has 0 radical (unpaired) electrons. The number of rotatable bonds is 3. The highest BCUT2D eigenvalue weighted by Crippen LogP contribution is 2.34. The molecule has 0 amide bonds. The van der Waals surface area contributed by atoms with E-state index in [1.54, 1.807) is 37.4 Å². The zero-order chi connectivity index (χ0) is 14.9. The lowest BCUT2D eigenvalue weighted by Gasteiger charge is -2.41. The van der Waals surface area contributed by atoms with E-state index in [-0.39, 0.29) is 18.5 Å². The molecule has 2 saturated heterocycles. The zero-order valence-electron chi connectivity index (χ0n) is 12.0. The maximum absolute atomic E-state index is 12.6. The lowest BCUT2D eigenvalue weighted by molar-refractivity contribution is -0.238. The molecule has 3 rings (SSSR count). The molecule has 0 N–H and O–H groups in total. The molecule has 2 heterocycles. The molecule has 1 aromatic rings. The molecule has 0 aromatic heterocycles. The van der Waals surface area contributed by atoms with Crippen LogP contribution in [0.2, 0.25) is 0 Å². The average molecular weight is 312 g/mol. The fourth-order valence-electron chi connectivity index (χ4n) is 2.97. The standard InChI is InChI=1S/C15H20O5S/c1-18-14-9-7-13-12(19-14)8-10-15(20-13)21(16,17)11-5-3-2-4-6-11/h2-6,12-15H,7-10H2,1H3/t12-,13-,14+,15-/m1/s1. The predicted molar refractivity (Wildman–Crippen MR) is 76.4 cm³/mol. The molecule has 2 fully saturated rings. The van der Waals surface area contributed by atoms with Crippen LogP contribution in [0.4, 0.5) is 0 Å². The van der Waals surface area contributed by atoms with Gasteiger partial charge in [-0.25, -0.2) is 8.42 Å². The van der Waals surface area contributed by atoms with Gasteiger partial charge < -0.3 is 14.2 Å². The summed E-state index contributed by atoms with van der Waals surface area (Å²) in [5.74, 6) is 0. The lowest BCUT2D eigenvalue weighted by atomic mass is 9.98. The predicted octanol–water partition coefficient (Wildman–Crippen LogP) is 2.12. The summed E-state index contributed by atoms with van der Waals surface area (Å²) in [5.41, 5.74) is -0.774. The van der Waals surface area contributed by atoms with Crippen molar-refractivity contribution in [1.29, 1.82) is 0 Å². The Morgan fingerprint density at radius 3 is 2.38 bits per heavy atom. The van der Waals surface area contributed by atoms with Crippen LogP contribution in [0.5, 0.6) is 0 Å². The Bertz CT molecular complexity index is 571. The first-order valence-electron chi connectivity index (χ1n) is 7.24. The van der Waals surface area contributed by atoms with Gasteiger partial charge in [0.25, 0.3) is 0 Å². The van der Waals surface area contributed by atoms with Gasteiger partial charge >= 0.3 is 0 Å². The molecule has 1 aromatic carbocycles. The molecule has 6 heteroatoms. The molecule has 0 bridgehead atoms. The third-order valence-electron chi connectivity index (χ3n) is 4.12. The third kappa shape index (κ3) is 2.99. The first-order valence-corrected chi connectivity index (χ1v) is 8.78. The molecule has 21 heavy (non-hydrogen) atoms. The Morgan fingerprint density at radius 2 is 1.67 bits per heavy atom. The van der Waals surface area contributed by atoms with Gasteiger partial charge in [-0.1, -0.05) is 18.2 Å². The molecule has 5 nitrogen and oxygen atoms in total. The number of ether oxygens (including phenoxy) is 3. The summed E-state index contributed by atoms with van der Waals surface area (Å²) >= 11 is 0. The zero-order valence-corrected chi connectivity index (χ0v) is 12.8. The average Bonchev–Trinajstić information content (AvgIpc) is 2.54. The van der Waals surface area contributed by atoms with Crippen molar-refractivity contribution in [1.82, 2.24) is 0 Å². The minimum Gasteiger partial charge on any atom is -0.356 e. The van der Waals surface area contributed by atoms with Gasteiger partial charge in [0, 0.05) is 13.5 Å². The summed E-state index contributed by atoms with van der Waals surface area (Å²) in [6.45, 7) is 0. The minimum absolute atomic E-state index is 0.0640. The third-order valence-corrected chi connectivity index (χ3v) is 6.09. The number of methoxy groups -OCH3 is 1. The number of sulfone groups is 1. The fourth-order valence-corrected chi connectivity index (χ4v) is 4.55. The quantitative estimate of drug-likeness (QED) is 0.855. The monoisotopic (exact) mass is 312 g/mol. The molecule has 0 unspecified atom stereocenters.